The summed E-state index contributed by atoms with van der Waals surface area (Å²) >= 11 is 6.12. The minimum atomic E-state index is -0.505. The van der Waals surface area contributed by atoms with Gasteiger partial charge in [-0.2, -0.15) is 0 Å². The molecule has 1 aromatic carbocycles. The highest BCUT2D eigenvalue weighted by molar-refractivity contribution is 6.34. The van der Waals surface area contributed by atoms with E-state index in [1.54, 1.807) is 25.1 Å². The molecule has 0 fully saturated rings. The molecule has 0 saturated heterocycles. The van der Waals surface area contributed by atoms with E-state index in [-0.39, 0.29) is 19.1 Å². The second kappa shape index (κ2) is 8.99. The van der Waals surface area contributed by atoms with E-state index < -0.39 is 6.09 Å². The van der Waals surface area contributed by atoms with Crippen LogP contribution in [-0.2, 0) is 4.74 Å². The van der Waals surface area contributed by atoms with Crippen LogP contribution >= 0.6 is 11.6 Å². The fourth-order valence-electron chi connectivity index (χ4n) is 1.76. The Balaban J connectivity index is 2.46. The average molecular weight is 329 g/mol. The van der Waals surface area contributed by atoms with Gasteiger partial charge in [-0.1, -0.05) is 17.7 Å². The standard InChI is InChI=1S/C14H21ClN4O3/c1-4-22-14(21)17-9-8-16-13(20)18-11-7-5-6-10(15)12(11)19(2)3/h5-7H,4,8-9H2,1-3H3,(H,17,21)(H2,16,18,20). The summed E-state index contributed by atoms with van der Waals surface area (Å²) in [5.74, 6) is 0. The van der Waals surface area contributed by atoms with Crippen molar-refractivity contribution in [2.75, 3.05) is 44.0 Å². The first kappa shape index (κ1) is 17.9. The maximum Gasteiger partial charge on any atom is 0.407 e. The number of carbonyl (C=O) groups is 2. The number of ether oxygens (including phenoxy) is 1. The van der Waals surface area contributed by atoms with Gasteiger partial charge in [0.25, 0.3) is 0 Å². The lowest BCUT2D eigenvalue weighted by atomic mass is 10.2. The summed E-state index contributed by atoms with van der Waals surface area (Å²) in [6.45, 7) is 2.59. The maximum atomic E-state index is 11.8. The Morgan fingerprint density at radius 1 is 1.23 bits per heavy atom. The Bertz CT molecular complexity index is 523. The van der Waals surface area contributed by atoms with Gasteiger partial charge in [0, 0.05) is 27.2 Å². The molecule has 0 aliphatic carbocycles. The predicted molar refractivity (Wildman–Crippen MR) is 87.8 cm³/mol. The summed E-state index contributed by atoms with van der Waals surface area (Å²) in [4.78, 5) is 24.7. The summed E-state index contributed by atoms with van der Waals surface area (Å²) in [6, 6.07) is 4.89. The second-order valence-corrected chi connectivity index (χ2v) is 4.97. The quantitative estimate of drug-likeness (QED) is 0.700. The summed E-state index contributed by atoms with van der Waals surface area (Å²) in [5.41, 5.74) is 1.33. The first-order chi connectivity index (χ1) is 10.5. The highest BCUT2D eigenvalue weighted by atomic mass is 35.5. The Morgan fingerprint density at radius 3 is 2.55 bits per heavy atom. The topological polar surface area (TPSA) is 82.7 Å². The van der Waals surface area contributed by atoms with Gasteiger partial charge in [-0.3, -0.25) is 0 Å². The number of alkyl carbamates (subject to hydrolysis) is 1. The molecule has 0 aliphatic rings. The number of hydrogen-bond donors (Lipinski definition) is 3. The number of amides is 3. The molecule has 8 heteroatoms. The van der Waals surface area contributed by atoms with Gasteiger partial charge in [0.1, 0.15) is 0 Å². The molecule has 22 heavy (non-hydrogen) atoms. The summed E-state index contributed by atoms with van der Waals surface area (Å²) in [6.07, 6.45) is -0.505. The predicted octanol–water partition coefficient (Wildman–Crippen LogP) is 2.27. The molecule has 0 spiro atoms. The number of para-hydroxylation sites is 1. The van der Waals surface area contributed by atoms with Gasteiger partial charge in [-0.05, 0) is 19.1 Å². The van der Waals surface area contributed by atoms with Crippen molar-refractivity contribution in [1.29, 1.82) is 0 Å². The Hall–Kier alpha value is -2.15. The molecule has 0 radical (unpaired) electrons. The van der Waals surface area contributed by atoms with Crippen molar-refractivity contribution in [1.82, 2.24) is 10.6 Å². The van der Waals surface area contributed by atoms with Crippen molar-refractivity contribution in [3.05, 3.63) is 23.2 Å². The van der Waals surface area contributed by atoms with Crippen LogP contribution in [0.4, 0.5) is 21.0 Å². The molecule has 3 amide bonds. The van der Waals surface area contributed by atoms with Gasteiger partial charge in [0.05, 0.1) is 23.0 Å². The van der Waals surface area contributed by atoms with E-state index in [0.717, 1.165) is 5.69 Å². The minimum Gasteiger partial charge on any atom is -0.450 e. The molecule has 0 aromatic heterocycles. The minimum absolute atomic E-state index is 0.280. The molecule has 1 aromatic rings. The first-order valence-corrected chi connectivity index (χ1v) is 7.24. The first-order valence-electron chi connectivity index (χ1n) is 6.87. The van der Waals surface area contributed by atoms with Crippen molar-refractivity contribution in [2.24, 2.45) is 0 Å². The molecular formula is C14H21ClN4O3. The third-order valence-electron chi connectivity index (χ3n) is 2.64. The van der Waals surface area contributed by atoms with Gasteiger partial charge in [-0.15, -0.1) is 0 Å². The molecule has 0 heterocycles. The van der Waals surface area contributed by atoms with Gasteiger partial charge in [0.2, 0.25) is 0 Å². The lowest BCUT2D eigenvalue weighted by Crippen LogP contribution is -2.37. The van der Waals surface area contributed by atoms with Crippen molar-refractivity contribution in [3.63, 3.8) is 0 Å². The Morgan fingerprint density at radius 2 is 1.91 bits per heavy atom. The zero-order chi connectivity index (χ0) is 16.5. The van der Waals surface area contributed by atoms with Crippen LogP contribution in [0, 0.1) is 0 Å². The van der Waals surface area contributed by atoms with Crippen LogP contribution in [0.5, 0.6) is 0 Å². The number of rotatable bonds is 6. The van der Waals surface area contributed by atoms with Crippen LogP contribution in [0.2, 0.25) is 5.02 Å². The number of hydrogen-bond acceptors (Lipinski definition) is 4. The van der Waals surface area contributed by atoms with Crippen molar-refractivity contribution < 1.29 is 14.3 Å². The monoisotopic (exact) mass is 328 g/mol. The number of urea groups is 1. The van der Waals surface area contributed by atoms with Crippen molar-refractivity contribution >= 4 is 35.1 Å². The summed E-state index contributed by atoms with van der Waals surface area (Å²) in [5, 5.41) is 8.41. The number of nitrogens with zero attached hydrogens (tertiary/aromatic N) is 1. The fraction of sp³-hybridized carbons (Fsp3) is 0.429. The Labute approximate surface area is 135 Å². The average Bonchev–Trinajstić information content (AvgIpc) is 2.43. The van der Waals surface area contributed by atoms with Gasteiger partial charge in [-0.25, -0.2) is 9.59 Å². The molecule has 3 N–H and O–H groups in total. The van der Waals surface area contributed by atoms with Gasteiger partial charge < -0.3 is 25.6 Å². The fourth-order valence-corrected chi connectivity index (χ4v) is 2.10. The highest BCUT2D eigenvalue weighted by Crippen LogP contribution is 2.32. The van der Waals surface area contributed by atoms with Crippen molar-refractivity contribution in [2.45, 2.75) is 6.92 Å². The van der Waals surface area contributed by atoms with Crippen LogP contribution < -0.4 is 20.9 Å². The molecule has 122 valence electrons. The lowest BCUT2D eigenvalue weighted by molar-refractivity contribution is 0.152. The second-order valence-electron chi connectivity index (χ2n) is 4.56. The molecule has 0 atom stereocenters. The van der Waals surface area contributed by atoms with E-state index in [1.165, 1.54) is 0 Å². The van der Waals surface area contributed by atoms with Crippen molar-refractivity contribution in [3.8, 4) is 0 Å². The summed E-state index contributed by atoms with van der Waals surface area (Å²) < 4.78 is 4.70. The summed E-state index contributed by atoms with van der Waals surface area (Å²) in [7, 11) is 3.68. The van der Waals surface area contributed by atoms with Crippen LogP contribution in [0.25, 0.3) is 0 Å². The smallest absolute Gasteiger partial charge is 0.407 e. The molecular weight excluding hydrogens is 308 g/mol. The SMILES string of the molecule is CCOC(=O)NCCNC(=O)Nc1cccc(Cl)c1N(C)C. The highest BCUT2D eigenvalue weighted by Gasteiger charge is 2.11. The van der Waals surface area contributed by atoms with Gasteiger partial charge >= 0.3 is 12.1 Å². The van der Waals surface area contributed by atoms with Gasteiger partial charge in [0.15, 0.2) is 0 Å². The molecule has 1 rings (SSSR count). The van der Waals surface area contributed by atoms with E-state index in [0.29, 0.717) is 17.3 Å². The Kier molecular flexibility index (Phi) is 7.31. The van der Waals surface area contributed by atoms with Crippen LogP contribution in [-0.4, -0.2) is 45.9 Å². The molecule has 0 bridgehead atoms. The molecule has 0 unspecified atom stereocenters. The van der Waals surface area contributed by atoms with E-state index in [2.05, 4.69) is 16.0 Å². The zero-order valence-electron chi connectivity index (χ0n) is 12.9. The third kappa shape index (κ3) is 5.69. The zero-order valence-corrected chi connectivity index (χ0v) is 13.7. The number of carbonyl (C=O) groups excluding carboxylic acids is 2. The lowest BCUT2D eigenvalue weighted by Gasteiger charge is -2.19. The maximum absolute atomic E-state index is 11.8. The van der Waals surface area contributed by atoms with E-state index in [4.69, 9.17) is 16.3 Å². The molecule has 0 saturated carbocycles. The number of anilines is 2. The van der Waals surface area contributed by atoms with Crippen LogP contribution in [0.3, 0.4) is 0 Å². The van der Waals surface area contributed by atoms with E-state index in [9.17, 15) is 9.59 Å². The number of benzene rings is 1. The largest absolute Gasteiger partial charge is 0.450 e. The number of nitrogens with one attached hydrogen (secondary N) is 3. The third-order valence-corrected chi connectivity index (χ3v) is 2.94. The normalized spacial score (nSPS) is 9.82. The number of halogens is 1. The molecule has 7 nitrogen and oxygen atoms in total. The van der Waals surface area contributed by atoms with Crippen LogP contribution in [0.1, 0.15) is 6.92 Å². The molecule has 0 aliphatic heterocycles. The van der Waals surface area contributed by atoms with Crippen LogP contribution in [0.15, 0.2) is 18.2 Å². The van der Waals surface area contributed by atoms with E-state index >= 15 is 0 Å². The van der Waals surface area contributed by atoms with E-state index in [1.807, 2.05) is 19.0 Å².